The summed E-state index contributed by atoms with van der Waals surface area (Å²) in [7, 11) is 4.71. The van der Waals surface area contributed by atoms with E-state index in [-0.39, 0.29) is 6.61 Å². The molecule has 38 heavy (non-hydrogen) atoms. The summed E-state index contributed by atoms with van der Waals surface area (Å²) >= 11 is 0. The van der Waals surface area contributed by atoms with Crippen LogP contribution in [-0.4, -0.2) is 64.8 Å². The van der Waals surface area contributed by atoms with Crippen molar-refractivity contribution in [3.8, 4) is 28.7 Å². The van der Waals surface area contributed by atoms with E-state index in [1.165, 1.54) is 0 Å². The quantitative estimate of drug-likeness (QED) is 0.158. The highest BCUT2D eigenvalue weighted by Gasteiger charge is 2.12. The van der Waals surface area contributed by atoms with Gasteiger partial charge in [0.2, 0.25) is 5.91 Å². The number of carbonyl (C=O) groups excluding carboxylic acids is 1. The van der Waals surface area contributed by atoms with Crippen molar-refractivity contribution in [3.63, 3.8) is 0 Å². The number of hydrogen-bond acceptors (Lipinski definition) is 8. The summed E-state index contributed by atoms with van der Waals surface area (Å²) < 4.78 is 27.3. The predicted octanol–water partition coefficient (Wildman–Crippen LogP) is 3.15. The normalized spacial score (nSPS) is 11.9. The highest BCUT2D eigenvalue weighted by molar-refractivity contribution is 6.23. The number of nitrogens with one attached hydrogen (secondary N) is 1. The van der Waals surface area contributed by atoms with Crippen molar-refractivity contribution in [2.75, 3.05) is 47.6 Å². The van der Waals surface area contributed by atoms with E-state index in [2.05, 4.69) is 5.32 Å². The lowest BCUT2D eigenvalue weighted by molar-refractivity contribution is -0.112. The third kappa shape index (κ3) is 8.16. The van der Waals surface area contributed by atoms with Crippen LogP contribution in [0.1, 0.15) is 11.1 Å². The van der Waals surface area contributed by atoms with Crippen LogP contribution in [0.25, 0.3) is 11.6 Å². The molecule has 0 spiro atoms. The number of para-hydroxylation sites is 2. The number of amides is 1. The van der Waals surface area contributed by atoms with Gasteiger partial charge in [-0.2, -0.15) is 0 Å². The van der Waals surface area contributed by atoms with Crippen LogP contribution in [0.15, 0.2) is 66.7 Å². The maximum Gasteiger partial charge on any atom is 0.249 e. The summed E-state index contributed by atoms with van der Waals surface area (Å²) in [5.41, 5.74) is 7.29. The molecule has 1 unspecified atom stereocenters. The zero-order valence-corrected chi connectivity index (χ0v) is 21.8. The lowest BCUT2D eigenvalue weighted by atomic mass is 10.0. The van der Waals surface area contributed by atoms with Crippen LogP contribution in [0.3, 0.4) is 0 Å². The summed E-state index contributed by atoms with van der Waals surface area (Å²) in [6.07, 6.45) is 0.952. The second-order valence-electron chi connectivity index (χ2n) is 8.22. The van der Waals surface area contributed by atoms with E-state index in [1.807, 2.05) is 24.3 Å². The van der Waals surface area contributed by atoms with Crippen LogP contribution in [-0.2, 0) is 4.79 Å². The van der Waals surface area contributed by atoms with Gasteiger partial charge in [-0.1, -0.05) is 24.3 Å². The number of rotatable bonds is 15. The summed E-state index contributed by atoms with van der Waals surface area (Å²) in [5, 5.41) is 13.4. The van der Waals surface area contributed by atoms with E-state index in [4.69, 9.17) is 29.4 Å². The van der Waals surface area contributed by atoms with Crippen molar-refractivity contribution in [2.45, 2.75) is 6.10 Å². The van der Waals surface area contributed by atoms with Gasteiger partial charge in [-0.25, -0.2) is 0 Å². The molecule has 0 radical (unpaired) electrons. The molecule has 0 aliphatic rings. The smallest absolute Gasteiger partial charge is 0.249 e. The fraction of sp³-hybridized carbons (Fsp3) is 0.276. The molecule has 0 bridgehead atoms. The van der Waals surface area contributed by atoms with Gasteiger partial charge in [0, 0.05) is 30.3 Å². The van der Waals surface area contributed by atoms with E-state index in [0.29, 0.717) is 65.1 Å². The monoisotopic (exact) mass is 522 g/mol. The van der Waals surface area contributed by atoms with Crippen LogP contribution in [0.4, 0.5) is 0 Å². The van der Waals surface area contributed by atoms with Crippen molar-refractivity contribution >= 4 is 17.6 Å². The molecule has 0 heterocycles. The number of methoxy groups -OCH3 is 3. The van der Waals surface area contributed by atoms with Gasteiger partial charge in [0.15, 0.2) is 11.5 Å². The zero-order chi connectivity index (χ0) is 27.3. The number of hydrogen-bond donors (Lipinski definition) is 3. The molecule has 0 aromatic heterocycles. The molecule has 0 saturated heterocycles. The molecular weight excluding hydrogens is 488 g/mol. The minimum absolute atomic E-state index is 0.0985. The number of nitrogens with two attached hydrogens (primary N) is 1. The van der Waals surface area contributed by atoms with Crippen molar-refractivity contribution in [2.24, 2.45) is 5.73 Å². The number of benzene rings is 3. The minimum atomic E-state index is -0.718. The fourth-order valence-corrected chi connectivity index (χ4v) is 3.61. The van der Waals surface area contributed by atoms with Crippen LogP contribution < -0.4 is 34.7 Å². The Labute approximate surface area is 222 Å². The first kappa shape index (κ1) is 28.4. The molecule has 0 saturated carbocycles. The van der Waals surface area contributed by atoms with Crippen LogP contribution in [0, 0.1) is 0 Å². The molecule has 3 aromatic carbocycles. The lowest BCUT2D eigenvalue weighted by Crippen LogP contribution is -2.33. The van der Waals surface area contributed by atoms with Gasteiger partial charge in [-0.15, -0.1) is 0 Å². The van der Waals surface area contributed by atoms with Gasteiger partial charge >= 0.3 is 0 Å². The Balaban J connectivity index is 1.49. The molecule has 9 heteroatoms. The van der Waals surface area contributed by atoms with Crippen LogP contribution in [0.5, 0.6) is 28.7 Å². The standard InChI is InChI=1S/C29H34N2O7/c1-34-24-13-10-21(28(17-24)36-3)16-25(29(30)33)20-8-11-23(12-9-20)38-19-22(32)18-31-14-15-37-27-7-5-4-6-26(27)35-2/h4-13,16-17,22,31-32H,14-15,18-19H2,1-3H3,(H2,30,33). The first-order valence-corrected chi connectivity index (χ1v) is 12.1. The summed E-state index contributed by atoms with van der Waals surface area (Å²) in [6, 6.07) is 19.6. The van der Waals surface area contributed by atoms with Gasteiger partial charge in [0.05, 0.1) is 21.3 Å². The van der Waals surface area contributed by atoms with Crippen LogP contribution in [0.2, 0.25) is 0 Å². The number of carbonyl (C=O) groups is 1. The van der Waals surface area contributed by atoms with E-state index in [0.717, 1.165) is 0 Å². The number of primary amides is 1. The third-order valence-electron chi connectivity index (χ3n) is 5.60. The molecule has 202 valence electrons. The first-order valence-electron chi connectivity index (χ1n) is 12.1. The SMILES string of the molecule is COc1ccc(C=C(C(N)=O)c2ccc(OCC(O)CNCCOc3ccccc3OC)cc2)c(OC)c1. The van der Waals surface area contributed by atoms with Crippen molar-refractivity contribution < 1.29 is 33.6 Å². The van der Waals surface area contributed by atoms with Gasteiger partial charge in [0.25, 0.3) is 0 Å². The molecule has 1 atom stereocenters. The lowest BCUT2D eigenvalue weighted by Gasteiger charge is -2.15. The fourth-order valence-electron chi connectivity index (χ4n) is 3.61. The van der Waals surface area contributed by atoms with Crippen LogP contribution >= 0.6 is 0 Å². The van der Waals surface area contributed by atoms with Gasteiger partial charge < -0.3 is 39.8 Å². The zero-order valence-electron chi connectivity index (χ0n) is 21.8. The Morgan fingerprint density at radius 1 is 0.895 bits per heavy atom. The van der Waals surface area contributed by atoms with Crippen molar-refractivity contribution in [3.05, 3.63) is 77.9 Å². The molecular formula is C29H34N2O7. The summed E-state index contributed by atoms with van der Waals surface area (Å²) in [4.78, 5) is 12.2. The molecule has 4 N–H and O–H groups in total. The van der Waals surface area contributed by atoms with E-state index in [1.54, 1.807) is 69.9 Å². The maximum atomic E-state index is 12.2. The van der Waals surface area contributed by atoms with Crippen molar-refractivity contribution in [1.29, 1.82) is 0 Å². The van der Waals surface area contributed by atoms with Crippen molar-refractivity contribution in [1.82, 2.24) is 5.32 Å². The topological polar surface area (TPSA) is 122 Å². The average molecular weight is 523 g/mol. The predicted molar refractivity (Wildman–Crippen MR) is 146 cm³/mol. The number of ether oxygens (including phenoxy) is 5. The number of aliphatic hydroxyl groups is 1. The molecule has 0 fully saturated rings. The Bertz CT molecular complexity index is 1210. The highest BCUT2D eigenvalue weighted by Crippen LogP contribution is 2.29. The third-order valence-corrected chi connectivity index (χ3v) is 5.60. The Morgan fingerprint density at radius 3 is 2.24 bits per heavy atom. The molecule has 3 aromatic rings. The van der Waals surface area contributed by atoms with Gasteiger partial charge in [-0.05, 0) is 48.0 Å². The largest absolute Gasteiger partial charge is 0.497 e. The molecule has 1 amide bonds. The Morgan fingerprint density at radius 2 is 1.58 bits per heavy atom. The van der Waals surface area contributed by atoms with Gasteiger partial charge in [0.1, 0.15) is 36.6 Å². The first-order chi connectivity index (χ1) is 18.4. The molecule has 0 aliphatic carbocycles. The molecule has 0 aliphatic heterocycles. The Hall–Kier alpha value is -4.21. The number of aliphatic hydroxyl groups excluding tert-OH is 1. The highest BCUT2D eigenvalue weighted by atomic mass is 16.5. The van der Waals surface area contributed by atoms with E-state index < -0.39 is 12.0 Å². The second-order valence-corrected chi connectivity index (χ2v) is 8.22. The van der Waals surface area contributed by atoms with E-state index in [9.17, 15) is 9.90 Å². The average Bonchev–Trinajstić information content (AvgIpc) is 2.95. The summed E-state index contributed by atoms with van der Waals surface area (Å²) in [6.45, 7) is 1.41. The van der Waals surface area contributed by atoms with E-state index >= 15 is 0 Å². The second kappa shape index (κ2) is 14.5. The minimum Gasteiger partial charge on any atom is -0.497 e. The Kier molecular flexibility index (Phi) is 10.8. The summed E-state index contributed by atoms with van der Waals surface area (Å²) in [5.74, 6) is 2.51. The van der Waals surface area contributed by atoms with Gasteiger partial charge in [-0.3, -0.25) is 4.79 Å². The molecule has 3 rings (SSSR count). The maximum absolute atomic E-state index is 12.2. The molecule has 9 nitrogen and oxygen atoms in total.